The minimum Gasteiger partial charge on any atom is -0.450 e. The van der Waals surface area contributed by atoms with E-state index in [9.17, 15) is 9.59 Å². The molecular formula is C13H25N3O4. The molecule has 1 aliphatic heterocycles. The fourth-order valence-corrected chi connectivity index (χ4v) is 2.14. The van der Waals surface area contributed by atoms with Crippen LogP contribution >= 0.6 is 0 Å². The van der Waals surface area contributed by atoms with Crippen molar-refractivity contribution in [2.45, 2.75) is 25.8 Å². The Morgan fingerprint density at radius 1 is 1.40 bits per heavy atom. The molecule has 2 amide bonds. The predicted molar refractivity (Wildman–Crippen MR) is 74.5 cm³/mol. The maximum absolute atomic E-state index is 12.0. The van der Waals surface area contributed by atoms with Gasteiger partial charge in [0.25, 0.3) is 0 Å². The van der Waals surface area contributed by atoms with Gasteiger partial charge in [-0.05, 0) is 19.8 Å². The quantitative estimate of drug-likeness (QED) is 0.642. The lowest BCUT2D eigenvalue weighted by Gasteiger charge is -2.33. The molecule has 116 valence electrons. The zero-order valence-electron chi connectivity index (χ0n) is 12.3. The number of methoxy groups -OCH3 is 1. The molecule has 1 unspecified atom stereocenters. The van der Waals surface area contributed by atoms with Crippen molar-refractivity contribution < 1.29 is 19.1 Å². The van der Waals surface area contributed by atoms with Gasteiger partial charge in [0.15, 0.2) is 0 Å². The van der Waals surface area contributed by atoms with Crippen LogP contribution in [-0.4, -0.2) is 69.4 Å². The van der Waals surface area contributed by atoms with Crippen LogP contribution in [0.3, 0.4) is 0 Å². The van der Waals surface area contributed by atoms with Crippen LogP contribution < -0.4 is 10.6 Å². The number of ether oxygens (including phenoxy) is 2. The lowest BCUT2D eigenvalue weighted by Crippen LogP contribution is -2.51. The topological polar surface area (TPSA) is 79.9 Å². The van der Waals surface area contributed by atoms with Gasteiger partial charge in [0.2, 0.25) is 5.91 Å². The van der Waals surface area contributed by atoms with Crippen molar-refractivity contribution in [3.8, 4) is 0 Å². The maximum atomic E-state index is 12.0. The van der Waals surface area contributed by atoms with Crippen molar-refractivity contribution in [1.29, 1.82) is 0 Å². The lowest BCUT2D eigenvalue weighted by molar-refractivity contribution is -0.131. The monoisotopic (exact) mass is 287 g/mol. The average molecular weight is 287 g/mol. The Bertz CT molecular complexity index is 312. The first-order valence-electron chi connectivity index (χ1n) is 7.08. The second kappa shape index (κ2) is 9.55. The van der Waals surface area contributed by atoms with Gasteiger partial charge in [0.1, 0.15) is 0 Å². The summed E-state index contributed by atoms with van der Waals surface area (Å²) in [7, 11) is 1.62. The first kappa shape index (κ1) is 16.7. The van der Waals surface area contributed by atoms with Gasteiger partial charge in [-0.2, -0.15) is 0 Å². The Labute approximate surface area is 120 Å². The molecule has 1 rings (SSSR count). The molecule has 0 spiro atoms. The number of nitrogens with zero attached hydrogens (tertiary/aromatic N) is 1. The Hall–Kier alpha value is -1.34. The minimum absolute atomic E-state index is 0.0225. The van der Waals surface area contributed by atoms with Gasteiger partial charge < -0.3 is 25.0 Å². The largest absolute Gasteiger partial charge is 0.450 e. The van der Waals surface area contributed by atoms with E-state index in [-0.39, 0.29) is 11.9 Å². The van der Waals surface area contributed by atoms with E-state index in [0.717, 1.165) is 19.4 Å². The van der Waals surface area contributed by atoms with E-state index in [2.05, 4.69) is 10.6 Å². The van der Waals surface area contributed by atoms with Crippen LogP contribution in [0.5, 0.6) is 0 Å². The third kappa shape index (κ3) is 6.21. The fourth-order valence-electron chi connectivity index (χ4n) is 2.14. The summed E-state index contributed by atoms with van der Waals surface area (Å²) in [5, 5.41) is 5.82. The molecule has 0 radical (unpaired) electrons. The third-order valence-corrected chi connectivity index (χ3v) is 3.13. The van der Waals surface area contributed by atoms with Gasteiger partial charge in [-0.25, -0.2) is 4.79 Å². The molecule has 1 fully saturated rings. The molecule has 0 saturated carbocycles. The first-order chi connectivity index (χ1) is 9.67. The summed E-state index contributed by atoms with van der Waals surface area (Å²) in [5.74, 6) is 0.0523. The molecule has 0 bridgehead atoms. The van der Waals surface area contributed by atoms with Crippen molar-refractivity contribution >= 4 is 12.0 Å². The molecule has 1 aliphatic rings. The number of hydrogen-bond acceptors (Lipinski definition) is 5. The second-order valence-corrected chi connectivity index (χ2v) is 4.71. The van der Waals surface area contributed by atoms with Crippen molar-refractivity contribution in [2.75, 3.05) is 46.5 Å². The number of amides is 2. The van der Waals surface area contributed by atoms with Crippen LogP contribution in [0, 0.1) is 0 Å². The van der Waals surface area contributed by atoms with Crippen molar-refractivity contribution in [3.63, 3.8) is 0 Å². The number of hydrogen-bond donors (Lipinski definition) is 2. The zero-order valence-corrected chi connectivity index (χ0v) is 12.3. The van der Waals surface area contributed by atoms with Crippen LogP contribution in [0.2, 0.25) is 0 Å². The van der Waals surface area contributed by atoms with Gasteiger partial charge in [0.05, 0.1) is 19.8 Å². The van der Waals surface area contributed by atoms with E-state index in [0.29, 0.717) is 32.8 Å². The average Bonchev–Trinajstić information content (AvgIpc) is 2.44. The highest BCUT2D eigenvalue weighted by Crippen LogP contribution is 2.10. The standard InChI is InChI=1S/C13H25N3O4/c1-3-20-13(18)15-11-5-4-7-16(10-11)12(17)9-14-6-8-19-2/h11,14H,3-10H2,1-2H3,(H,15,18). The normalized spacial score (nSPS) is 18.7. The van der Waals surface area contributed by atoms with Gasteiger partial charge in [-0.15, -0.1) is 0 Å². The number of piperidine rings is 1. The number of carbonyl (C=O) groups excluding carboxylic acids is 2. The van der Waals surface area contributed by atoms with Crippen LogP contribution in [-0.2, 0) is 14.3 Å². The summed E-state index contributed by atoms with van der Waals surface area (Å²) in [6.07, 6.45) is 1.35. The lowest BCUT2D eigenvalue weighted by atomic mass is 10.1. The third-order valence-electron chi connectivity index (χ3n) is 3.13. The summed E-state index contributed by atoms with van der Waals surface area (Å²) in [5.41, 5.74) is 0. The van der Waals surface area contributed by atoms with E-state index in [1.54, 1.807) is 18.9 Å². The Balaban J connectivity index is 2.28. The van der Waals surface area contributed by atoms with E-state index in [4.69, 9.17) is 9.47 Å². The van der Waals surface area contributed by atoms with Crippen molar-refractivity contribution in [1.82, 2.24) is 15.5 Å². The summed E-state index contributed by atoms with van der Waals surface area (Å²) in [6, 6.07) is -0.0225. The molecule has 2 N–H and O–H groups in total. The van der Waals surface area contributed by atoms with Gasteiger partial charge in [0, 0.05) is 32.8 Å². The highest BCUT2D eigenvalue weighted by atomic mass is 16.5. The molecule has 0 aromatic rings. The predicted octanol–water partition coefficient (Wildman–Crippen LogP) is -0.0405. The Kier molecular flexibility index (Phi) is 7.98. The SMILES string of the molecule is CCOC(=O)NC1CCCN(C(=O)CNCCOC)C1. The Morgan fingerprint density at radius 2 is 2.20 bits per heavy atom. The molecule has 1 heterocycles. The van der Waals surface area contributed by atoms with E-state index in [1.165, 1.54) is 0 Å². The summed E-state index contributed by atoms with van der Waals surface area (Å²) in [6.45, 7) is 4.94. The van der Waals surface area contributed by atoms with Gasteiger partial charge >= 0.3 is 6.09 Å². The molecule has 1 atom stereocenters. The van der Waals surface area contributed by atoms with Crippen LogP contribution in [0.1, 0.15) is 19.8 Å². The second-order valence-electron chi connectivity index (χ2n) is 4.71. The van der Waals surface area contributed by atoms with Crippen LogP contribution in [0.25, 0.3) is 0 Å². The number of alkyl carbamates (subject to hydrolysis) is 1. The van der Waals surface area contributed by atoms with Crippen molar-refractivity contribution in [3.05, 3.63) is 0 Å². The fraction of sp³-hybridized carbons (Fsp3) is 0.846. The highest BCUT2D eigenvalue weighted by Gasteiger charge is 2.24. The molecule has 0 aromatic carbocycles. The van der Waals surface area contributed by atoms with Gasteiger partial charge in [-0.1, -0.05) is 0 Å². The molecule has 0 aromatic heterocycles. The summed E-state index contributed by atoms with van der Waals surface area (Å²) < 4.78 is 9.76. The maximum Gasteiger partial charge on any atom is 0.407 e. The zero-order chi connectivity index (χ0) is 14.8. The number of likely N-dealkylation sites (tertiary alicyclic amines) is 1. The Morgan fingerprint density at radius 3 is 2.90 bits per heavy atom. The van der Waals surface area contributed by atoms with E-state index in [1.807, 2.05) is 0 Å². The van der Waals surface area contributed by atoms with Crippen LogP contribution in [0.4, 0.5) is 4.79 Å². The molecule has 0 aliphatic carbocycles. The number of carbonyl (C=O) groups is 2. The number of nitrogens with one attached hydrogen (secondary N) is 2. The minimum atomic E-state index is -0.412. The smallest absolute Gasteiger partial charge is 0.407 e. The molecule has 7 heteroatoms. The molecule has 1 saturated heterocycles. The van der Waals surface area contributed by atoms with Crippen LogP contribution in [0.15, 0.2) is 0 Å². The highest BCUT2D eigenvalue weighted by molar-refractivity contribution is 5.78. The van der Waals surface area contributed by atoms with E-state index < -0.39 is 6.09 Å². The van der Waals surface area contributed by atoms with Crippen molar-refractivity contribution in [2.24, 2.45) is 0 Å². The van der Waals surface area contributed by atoms with E-state index >= 15 is 0 Å². The van der Waals surface area contributed by atoms with Gasteiger partial charge in [-0.3, -0.25) is 4.79 Å². The first-order valence-corrected chi connectivity index (χ1v) is 7.08. The summed E-state index contributed by atoms with van der Waals surface area (Å²) >= 11 is 0. The summed E-state index contributed by atoms with van der Waals surface area (Å²) in [4.78, 5) is 25.1. The number of rotatable bonds is 7. The molecule has 20 heavy (non-hydrogen) atoms. The molecular weight excluding hydrogens is 262 g/mol. The molecule has 7 nitrogen and oxygen atoms in total.